The second-order valence-electron chi connectivity index (χ2n) is 9.24. The number of amides is 4. The Bertz CT molecular complexity index is 951. The molecular formula is C23H30ClF3N4O4. The van der Waals surface area contributed by atoms with Crippen LogP contribution in [0.25, 0.3) is 0 Å². The molecule has 3 rings (SSSR count). The van der Waals surface area contributed by atoms with Crippen molar-refractivity contribution in [3.05, 3.63) is 34.3 Å². The molecule has 12 heteroatoms. The van der Waals surface area contributed by atoms with Crippen LogP contribution >= 0.6 is 11.6 Å². The molecule has 2 aliphatic heterocycles. The molecule has 2 saturated heterocycles. The topological polar surface area (TPSA) is 82.2 Å². The quantitative estimate of drug-likeness (QED) is 0.618. The van der Waals surface area contributed by atoms with E-state index in [1.165, 1.54) is 24.1 Å². The standard InChI is InChI=1S/C23H30ClF3N4O4/c1-14(2)13-35-22(34)30-9-7-16(8-10-30)31-12-18(29(3)21(31)33)20(32)28-11-15-5-4-6-17(19(15)24)23(25,26)27/h4-6,14,16,18H,7-13H2,1-3H3,(H,28,32). The molecule has 35 heavy (non-hydrogen) atoms. The Balaban J connectivity index is 1.55. The summed E-state index contributed by atoms with van der Waals surface area (Å²) in [5.74, 6) is -0.242. The van der Waals surface area contributed by atoms with Gasteiger partial charge in [-0.2, -0.15) is 13.2 Å². The molecule has 1 N–H and O–H groups in total. The van der Waals surface area contributed by atoms with Gasteiger partial charge in [-0.3, -0.25) is 4.79 Å². The Morgan fingerprint density at radius 3 is 2.49 bits per heavy atom. The average molecular weight is 519 g/mol. The summed E-state index contributed by atoms with van der Waals surface area (Å²) in [4.78, 5) is 42.3. The maximum atomic E-state index is 13.1. The van der Waals surface area contributed by atoms with Gasteiger partial charge in [0.1, 0.15) is 6.04 Å². The van der Waals surface area contributed by atoms with E-state index in [0.29, 0.717) is 32.5 Å². The van der Waals surface area contributed by atoms with E-state index in [-0.39, 0.29) is 42.7 Å². The lowest BCUT2D eigenvalue weighted by molar-refractivity contribution is -0.137. The van der Waals surface area contributed by atoms with Crippen molar-refractivity contribution >= 4 is 29.6 Å². The Kier molecular flexibility index (Phi) is 8.40. The highest BCUT2D eigenvalue weighted by Gasteiger charge is 2.43. The van der Waals surface area contributed by atoms with Crippen LogP contribution in [-0.4, -0.2) is 78.1 Å². The highest BCUT2D eigenvalue weighted by molar-refractivity contribution is 6.32. The summed E-state index contributed by atoms with van der Waals surface area (Å²) in [6.07, 6.45) is -3.85. The van der Waals surface area contributed by atoms with Crippen LogP contribution in [0, 0.1) is 5.92 Å². The molecule has 0 bridgehead atoms. The van der Waals surface area contributed by atoms with Crippen LogP contribution in [0.1, 0.15) is 37.8 Å². The zero-order valence-corrected chi connectivity index (χ0v) is 20.7. The van der Waals surface area contributed by atoms with E-state index in [1.807, 2.05) is 13.8 Å². The van der Waals surface area contributed by atoms with E-state index in [1.54, 1.807) is 9.80 Å². The Labute approximate surface area is 207 Å². The van der Waals surface area contributed by atoms with Gasteiger partial charge in [0, 0.05) is 32.7 Å². The van der Waals surface area contributed by atoms with Gasteiger partial charge in [0.2, 0.25) is 5.91 Å². The average Bonchev–Trinajstić information content (AvgIpc) is 3.10. The van der Waals surface area contributed by atoms with Crippen LogP contribution in [0.2, 0.25) is 5.02 Å². The summed E-state index contributed by atoms with van der Waals surface area (Å²) in [6, 6.07) is 2.30. The molecule has 2 fully saturated rings. The number of ether oxygens (including phenoxy) is 1. The summed E-state index contributed by atoms with van der Waals surface area (Å²) < 4.78 is 44.5. The Hall–Kier alpha value is -2.69. The summed E-state index contributed by atoms with van der Waals surface area (Å²) in [5.41, 5.74) is -0.833. The normalized spacial score (nSPS) is 19.5. The van der Waals surface area contributed by atoms with E-state index >= 15 is 0 Å². The summed E-state index contributed by atoms with van der Waals surface area (Å²) >= 11 is 5.90. The second kappa shape index (κ2) is 10.9. The van der Waals surface area contributed by atoms with Crippen LogP contribution in [0.4, 0.5) is 22.8 Å². The number of alkyl halides is 3. The Morgan fingerprint density at radius 1 is 1.23 bits per heavy atom. The maximum absolute atomic E-state index is 13.1. The molecule has 1 atom stereocenters. The number of hydrogen-bond acceptors (Lipinski definition) is 4. The van der Waals surface area contributed by atoms with Crippen molar-refractivity contribution in [2.75, 3.05) is 33.3 Å². The van der Waals surface area contributed by atoms with Crippen LogP contribution in [0.5, 0.6) is 0 Å². The third-order valence-corrected chi connectivity index (χ3v) is 6.67. The van der Waals surface area contributed by atoms with Crippen molar-refractivity contribution < 1.29 is 32.3 Å². The number of nitrogens with zero attached hydrogens (tertiary/aromatic N) is 3. The van der Waals surface area contributed by atoms with Gasteiger partial charge in [-0.05, 0) is 30.4 Å². The van der Waals surface area contributed by atoms with Gasteiger partial charge in [-0.1, -0.05) is 37.6 Å². The Morgan fingerprint density at radius 2 is 1.89 bits per heavy atom. The zero-order chi connectivity index (χ0) is 25.9. The fourth-order valence-corrected chi connectivity index (χ4v) is 4.51. The van der Waals surface area contributed by atoms with E-state index in [0.717, 1.165) is 6.07 Å². The third kappa shape index (κ3) is 6.31. The number of piperidine rings is 1. The smallest absolute Gasteiger partial charge is 0.417 e. The van der Waals surface area contributed by atoms with Gasteiger partial charge in [0.05, 0.1) is 23.7 Å². The van der Waals surface area contributed by atoms with Gasteiger partial charge in [0.25, 0.3) is 0 Å². The molecule has 0 aromatic heterocycles. The van der Waals surface area contributed by atoms with Gasteiger partial charge in [-0.25, -0.2) is 9.59 Å². The van der Waals surface area contributed by atoms with Crippen LogP contribution in [0.15, 0.2) is 18.2 Å². The van der Waals surface area contributed by atoms with Crippen molar-refractivity contribution in [2.24, 2.45) is 5.92 Å². The SMILES string of the molecule is CC(C)COC(=O)N1CCC(N2CC(C(=O)NCc3cccc(C(F)(F)F)c3Cl)N(C)C2=O)CC1. The minimum atomic E-state index is -4.60. The molecule has 0 saturated carbocycles. The molecule has 0 spiro atoms. The molecule has 0 aliphatic carbocycles. The summed E-state index contributed by atoms with van der Waals surface area (Å²) in [6.45, 7) is 5.10. The van der Waals surface area contributed by atoms with Crippen LogP contribution < -0.4 is 5.32 Å². The number of halogens is 4. The number of carbonyl (C=O) groups is 3. The molecular weight excluding hydrogens is 489 g/mol. The summed E-state index contributed by atoms with van der Waals surface area (Å²) in [5, 5.41) is 2.14. The molecule has 1 aromatic carbocycles. The van der Waals surface area contributed by atoms with Gasteiger partial charge >= 0.3 is 18.3 Å². The van der Waals surface area contributed by atoms with Crippen molar-refractivity contribution in [1.29, 1.82) is 0 Å². The molecule has 2 aliphatic rings. The van der Waals surface area contributed by atoms with Gasteiger partial charge in [-0.15, -0.1) is 0 Å². The van der Waals surface area contributed by atoms with E-state index < -0.39 is 28.7 Å². The molecule has 1 aromatic rings. The van der Waals surface area contributed by atoms with Crippen molar-refractivity contribution in [3.63, 3.8) is 0 Å². The number of likely N-dealkylation sites (N-methyl/N-ethyl adjacent to an activating group) is 1. The predicted molar refractivity (Wildman–Crippen MR) is 123 cm³/mol. The number of rotatable bonds is 6. The van der Waals surface area contributed by atoms with Crippen molar-refractivity contribution in [2.45, 2.75) is 51.5 Å². The number of carbonyl (C=O) groups excluding carboxylic acids is 3. The maximum Gasteiger partial charge on any atom is 0.417 e. The molecule has 0 radical (unpaired) electrons. The van der Waals surface area contributed by atoms with E-state index in [4.69, 9.17) is 16.3 Å². The predicted octanol–water partition coefficient (Wildman–Crippen LogP) is 3.97. The first-order chi connectivity index (χ1) is 16.4. The fraction of sp³-hybridized carbons (Fsp3) is 0.609. The minimum absolute atomic E-state index is 0.130. The molecule has 194 valence electrons. The molecule has 1 unspecified atom stereocenters. The van der Waals surface area contributed by atoms with Crippen LogP contribution in [0.3, 0.4) is 0 Å². The first-order valence-corrected chi connectivity index (χ1v) is 11.8. The third-order valence-electron chi connectivity index (χ3n) is 6.23. The lowest BCUT2D eigenvalue weighted by Gasteiger charge is -2.35. The van der Waals surface area contributed by atoms with Crippen LogP contribution in [-0.2, 0) is 22.3 Å². The second-order valence-corrected chi connectivity index (χ2v) is 9.62. The number of hydrogen-bond donors (Lipinski definition) is 1. The first-order valence-electron chi connectivity index (χ1n) is 11.5. The molecule has 2 heterocycles. The lowest BCUT2D eigenvalue weighted by atomic mass is 10.0. The van der Waals surface area contributed by atoms with Gasteiger partial charge in [0.15, 0.2) is 0 Å². The lowest BCUT2D eigenvalue weighted by Crippen LogP contribution is -2.48. The van der Waals surface area contributed by atoms with Gasteiger partial charge < -0.3 is 24.8 Å². The van der Waals surface area contributed by atoms with E-state index in [9.17, 15) is 27.6 Å². The van der Waals surface area contributed by atoms with Crippen molar-refractivity contribution in [3.8, 4) is 0 Å². The number of nitrogens with one attached hydrogen (secondary N) is 1. The fourth-order valence-electron chi connectivity index (χ4n) is 4.21. The van der Waals surface area contributed by atoms with Crippen molar-refractivity contribution in [1.82, 2.24) is 20.0 Å². The minimum Gasteiger partial charge on any atom is -0.449 e. The largest absolute Gasteiger partial charge is 0.449 e. The number of benzene rings is 1. The highest BCUT2D eigenvalue weighted by atomic mass is 35.5. The highest BCUT2D eigenvalue weighted by Crippen LogP contribution is 2.36. The molecule has 8 nitrogen and oxygen atoms in total. The first kappa shape index (κ1) is 26.9. The number of urea groups is 1. The zero-order valence-electron chi connectivity index (χ0n) is 19.9. The monoisotopic (exact) mass is 518 g/mol. The van der Waals surface area contributed by atoms with E-state index in [2.05, 4.69) is 5.32 Å². The number of likely N-dealkylation sites (tertiary alicyclic amines) is 1. The molecule has 4 amide bonds. The summed E-state index contributed by atoms with van der Waals surface area (Å²) in [7, 11) is 1.52.